The lowest BCUT2D eigenvalue weighted by atomic mass is 10.4. The quantitative estimate of drug-likeness (QED) is 0.745. The van der Waals surface area contributed by atoms with Gasteiger partial charge in [-0.05, 0) is 0 Å². The fourth-order valence-electron chi connectivity index (χ4n) is 1.01. The van der Waals surface area contributed by atoms with E-state index in [0.717, 1.165) is 0 Å². The summed E-state index contributed by atoms with van der Waals surface area (Å²) in [6.07, 6.45) is -6.98. The summed E-state index contributed by atoms with van der Waals surface area (Å²) in [6.45, 7) is -1.40. The van der Waals surface area contributed by atoms with Gasteiger partial charge < -0.3 is 9.84 Å². The average molecular weight is 265 g/mol. The number of cyclic esters (lactones) is 1. The minimum absolute atomic E-state index is 0.291. The minimum atomic E-state index is -5.46. The van der Waals surface area contributed by atoms with Crippen LogP contribution in [-0.4, -0.2) is 49.5 Å². The van der Waals surface area contributed by atoms with Gasteiger partial charge in [-0.3, -0.25) is 0 Å². The van der Waals surface area contributed by atoms with Gasteiger partial charge in [-0.2, -0.15) is 16.9 Å². The molecule has 1 aliphatic rings. The van der Waals surface area contributed by atoms with Crippen LogP contribution in [-0.2, 0) is 19.2 Å². The molecule has 0 bridgehead atoms. The number of hydrogen-bond acceptors (Lipinski definition) is 6. The summed E-state index contributed by atoms with van der Waals surface area (Å²) in [5, 5.41) is 8.64. The largest absolute Gasteiger partial charge is 0.538 e. The highest BCUT2D eigenvalue weighted by atomic mass is 32.2. The predicted molar refractivity (Wildman–Crippen MR) is 40.1 cm³/mol. The number of amides is 1. The third-order valence-electron chi connectivity index (χ3n) is 1.56. The molecule has 1 unspecified atom stereocenters. The number of rotatable bonds is 3. The highest BCUT2D eigenvalue weighted by Crippen LogP contribution is 2.25. The molecule has 94 valence electrons. The summed E-state index contributed by atoms with van der Waals surface area (Å²) in [7, 11) is -5.35. The lowest BCUT2D eigenvalue weighted by Gasteiger charge is -2.19. The maximum atomic E-state index is 11.7. The van der Waals surface area contributed by atoms with Crippen molar-refractivity contribution in [3.8, 4) is 0 Å². The van der Waals surface area contributed by atoms with Gasteiger partial charge >= 0.3 is 22.8 Å². The van der Waals surface area contributed by atoms with Crippen molar-refractivity contribution in [3.63, 3.8) is 0 Å². The SMILES string of the molecule is O=C1OCC(CO)N1S(=O)(=O)OC(F)(F)F. The van der Waals surface area contributed by atoms with E-state index >= 15 is 0 Å². The topological polar surface area (TPSA) is 93.1 Å². The van der Waals surface area contributed by atoms with Gasteiger partial charge in [-0.15, -0.1) is 13.2 Å². The van der Waals surface area contributed by atoms with E-state index in [0.29, 0.717) is 0 Å². The molecule has 0 saturated carbocycles. The maximum absolute atomic E-state index is 11.7. The van der Waals surface area contributed by atoms with Crippen LogP contribution < -0.4 is 0 Å². The molecule has 1 heterocycles. The van der Waals surface area contributed by atoms with E-state index in [1.165, 1.54) is 0 Å². The number of carbonyl (C=O) groups is 1. The van der Waals surface area contributed by atoms with E-state index in [2.05, 4.69) is 8.92 Å². The van der Waals surface area contributed by atoms with Crippen molar-refractivity contribution in [1.29, 1.82) is 0 Å². The number of nitrogens with zero attached hydrogens (tertiary/aromatic N) is 1. The number of halogens is 3. The Morgan fingerprint density at radius 3 is 2.56 bits per heavy atom. The first-order chi connectivity index (χ1) is 7.17. The van der Waals surface area contributed by atoms with Crippen LogP contribution in [0.4, 0.5) is 18.0 Å². The van der Waals surface area contributed by atoms with Gasteiger partial charge in [-0.25, -0.2) is 4.79 Å². The number of hydrogen-bond donors (Lipinski definition) is 1. The van der Waals surface area contributed by atoms with Crippen LogP contribution in [0.1, 0.15) is 0 Å². The molecule has 0 aromatic heterocycles. The van der Waals surface area contributed by atoms with E-state index in [-0.39, 0.29) is 4.31 Å². The second-order valence-electron chi connectivity index (χ2n) is 2.70. The van der Waals surface area contributed by atoms with Crippen molar-refractivity contribution >= 4 is 16.4 Å². The molecular formula is C5H6F3NO6S. The molecule has 1 saturated heterocycles. The lowest BCUT2D eigenvalue weighted by Crippen LogP contribution is -2.43. The molecule has 0 aromatic carbocycles. The second-order valence-corrected chi connectivity index (χ2v) is 4.11. The Balaban J connectivity index is 2.94. The highest BCUT2D eigenvalue weighted by Gasteiger charge is 2.48. The fourth-order valence-corrected chi connectivity index (χ4v) is 2.06. The van der Waals surface area contributed by atoms with Gasteiger partial charge in [0.05, 0.1) is 6.61 Å². The Hall–Kier alpha value is -1.07. The fraction of sp³-hybridized carbons (Fsp3) is 0.800. The maximum Gasteiger partial charge on any atom is 0.538 e. The van der Waals surface area contributed by atoms with Crippen LogP contribution in [0.5, 0.6) is 0 Å². The Morgan fingerprint density at radius 2 is 2.12 bits per heavy atom. The third kappa shape index (κ3) is 2.74. The molecule has 0 aromatic rings. The monoisotopic (exact) mass is 265 g/mol. The van der Waals surface area contributed by atoms with E-state index in [1.807, 2.05) is 0 Å². The van der Waals surface area contributed by atoms with E-state index in [1.54, 1.807) is 0 Å². The van der Waals surface area contributed by atoms with Crippen LogP contribution >= 0.6 is 0 Å². The zero-order valence-electron chi connectivity index (χ0n) is 7.47. The van der Waals surface area contributed by atoms with Crippen molar-refractivity contribution in [1.82, 2.24) is 4.31 Å². The molecule has 1 N–H and O–H groups in total. The number of alkyl halides is 3. The minimum Gasteiger partial charge on any atom is -0.446 e. The number of aliphatic hydroxyl groups is 1. The summed E-state index contributed by atoms with van der Waals surface area (Å²) < 4.78 is 63.8. The van der Waals surface area contributed by atoms with Crippen LogP contribution in [0.15, 0.2) is 0 Å². The van der Waals surface area contributed by atoms with Gasteiger partial charge in [0.2, 0.25) is 0 Å². The normalized spacial score (nSPS) is 22.4. The molecule has 1 fully saturated rings. The first-order valence-electron chi connectivity index (χ1n) is 3.77. The molecule has 7 nitrogen and oxygen atoms in total. The molecule has 1 aliphatic heterocycles. The smallest absolute Gasteiger partial charge is 0.446 e. The zero-order chi connectivity index (χ0) is 12.6. The van der Waals surface area contributed by atoms with Crippen LogP contribution in [0, 0.1) is 0 Å². The molecule has 11 heteroatoms. The van der Waals surface area contributed by atoms with E-state index < -0.39 is 42.0 Å². The summed E-state index contributed by atoms with van der Waals surface area (Å²) in [6, 6.07) is -1.42. The predicted octanol–water partition coefficient (Wildman–Crippen LogP) is -0.419. The zero-order valence-corrected chi connectivity index (χ0v) is 8.29. The van der Waals surface area contributed by atoms with Crippen LogP contribution in [0.25, 0.3) is 0 Å². The van der Waals surface area contributed by atoms with Crippen LogP contribution in [0.2, 0.25) is 0 Å². The van der Waals surface area contributed by atoms with Crippen molar-refractivity contribution in [2.45, 2.75) is 12.4 Å². The Labute approximate surface area is 87.6 Å². The average Bonchev–Trinajstić information content (AvgIpc) is 2.42. The van der Waals surface area contributed by atoms with Crippen molar-refractivity contribution in [2.24, 2.45) is 0 Å². The van der Waals surface area contributed by atoms with Gasteiger partial charge in [0.25, 0.3) is 0 Å². The summed E-state index contributed by atoms with van der Waals surface area (Å²) in [5.41, 5.74) is 0. The standard InChI is InChI=1S/C5H6F3NO6S/c6-5(7,8)15-16(12,13)9-3(1-10)2-14-4(9)11/h3,10H,1-2H2. The summed E-state index contributed by atoms with van der Waals surface area (Å²) in [5.74, 6) is 0. The van der Waals surface area contributed by atoms with Crippen molar-refractivity contribution in [3.05, 3.63) is 0 Å². The third-order valence-corrected chi connectivity index (χ3v) is 2.89. The Kier molecular flexibility index (Phi) is 3.30. The number of carbonyl (C=O) groups excluding carboxylic acids is 1. The molecule has 16 heavy (non-hydrogen) atoms. The number of ether oxygens (including phenoxy) is 1. The van der Waals surface area contributed by atoms with Gasteiger partial charge in [0.15, 0.2) is 0 Å². The van der Waals surface area contributed by atoms with E-state index in [4.69, 9.17) is 5.11 Å². The summed E-state index contributed by atoms with van der Waals surface area (Å²) >= 11 is 0. The summed E-state index contributed by atoms with van der Waals surface area (Å²) in [4.78, 5) is 10.8. The highest BCUT2D eigenvalue weighted by molar-refractivity contribution is 7.85. The molecular weight excluding hydrogens is 259 g/mol. The first-order valence-corrected chi connectivity index (χ1v) is 5.13. The van der Waals surface area contributed by atoms with Gasteiger partial charge in [0.1, 0.15) is 12.6 Å². The molecule has 1 atom stereocenters. The Bertz CT molecular complexity index is 378. The first kappa shape index (κ1) is 13.0. The van der Waals surface area contributed by atoms with Gasteiger partial charge in [0, 0.05) is 0 Å². The number of aliphatic hydroxyl groups excluding tert-OH is 1. The van der Waals surface area contributed by atoms with E-state index in [9.17, 15) is 26.4 Å². The molecule has 1 rings (SSSR count). The second kappa shape index (κ2) is 4.07. The molecule has 0 aliphatic carbocycles. The molecule has 0 spiro atoms. The van der Waals surface area contributed by atoms with Gasteiger partial charge in [-0.1, -0.05) is 0 Å². The molecule has 0 radical (unpaired) electrons. The lowest BCUT2D eigenvalue weighted by molar-refractivity contribution is -0.273. The van der Waals surface area contributed by atoms with Crippen LogP contribution in [0.3, 0.4) is 0 Å². The van der Waals surface area contributed by atoms with Crippen molar-refractivity contribution in [2.75, 3.05) is 13.2 Å². The Morgan fingerprint density at radius 1 is 1.56 bits per heavy atom. The molecule has 1 amide bonds. The van der Waals surface area contributed by atoms with Crippen molar-refractivity contribution < 1.29 is 40.4 Å².